The van der Waals surface area contributed by atoms with Gasteiger partial charge in [-0.15, -0.1) is 0 Å². The van der Waals surface area contributed by atoms with E-state index in [4.69, 9.17) is 0 Å². The lowest BCUT2D eigenvalue weighted by Crippen LogP contribution is -2.04. The molecule has 0 saturated heterocycles. The molecular formula is C18H15F2N5. The lowest BCUT2D eigenvalue weighted by Gasteiger charge is -2.09. The molecule has 0 aliphatic rings. The van der Waals surface area contributed by atoms with E-state index in [-0.39, 0.29) is 12.4 Å². The fourth-order valence-corrected chi connectivity index (χ4v) is 2.84. The molecule has 25 heavy (non-hydrogen) atoms. The van der Waals surface area contributed by atoms with E-state index >= 15 is 0 Å². The molecule has 0 spiro atoms. The van der Waals surface area contributed by atoms with E-state index < -0.39 is 6.67 Å². The summed E-state index contributed by atoms with van der Waals surface area (Å²) >= 11 is 0. The highest BCUT2D eigenvalue weighted by Crippen LogP contribution is 2.30. The maximum atomic E-state index is 13.2. The van der Waals surface area contributed by atoms with Gasteiger partial charge in [0.2, 0.25) is 0 Å². The Morgan fingerprint density at radius 2 is 1.84 bits per heavy atom. The highest BCUT2D eigenvalue weighted by molar-refractivity contribution is 5.77. The van der Waals surface area contributed by atoms with Crippen molar-refractivity contribution in [1.82, 2.24) is 24.1 Å². The van der Waals surface area contributed by atoms with Crippen molar-refractivity contribution >= 4 is 5.65 Å². The summed E-state index contributed by atoms with van der Waals surface area (Å²) in [6.45, 7) is 1.57. The van der Waals surface area contributed by atoms with Gasteiger partial charge in [-0.3, -0.25) is 0 Å². The maximum Gasteiger partial charge on any atom is 0.153 e. The third kappa shape index (κ3) is 2.67. The fourth-order valence-electron chi connectivity index (χ4n) is 2.84. The first kappa shape index (κ1) is 15.4. The zero-order valence-electron chi connectivity index (χ0n) is 13.5. The zero-order valence-corrected chi connectivity index (χ0v) is 13.5. The van der Waals surface area contributed by atoms with Crippen LogP contribution in [0.5, 0.6) is 0 Å². The van der Waals surface area contributed by atoms with Crippen molar-refractivity contribution in [2.45, 2.75) is 13.5 Å². The number of aromatic nitrogens is 5. The van der Waals surface area contributed by atoms with E-state index in [1.807, 2.05) is 19.1 Å². The van der Waals surface area contributed by atoms with E-state index in [0.717, 1.165) is 16.9 Å². The summed E-state index contributed by atoms with van der Waals surface area (Å²) in [5.41, 5.74) is 4.37. The van der Waals surface area contributed by atoms with Crippen LogP contribution in [0.4, 0.5) is 8.78 Å². The van der Waals surface area contributed by atoms with Gasteiger partial charge in [0.1, 0.15) is 18.2 Å². The van der Waals surface area contributed by atoms with Crippen LogP contribution in [0.25, 0.3) is 28.3 Å². The van der Waals surface area contributed by atoms with Crippen LogP contribution in [-0.2, 0) is 6.54 Å². The van der Waals surface area contributed by atoms with Crippen LogP contribution >= 0.6 is 0 Å². The molecule has 0 saturated carbocycles. The maximum absolute atomic E-state index is 13.2. The molecule has 0 atom stereocenters. The number of imidazole rings is 2. The average Bonchev–Trinajstić information content (AvgIpc) is 3.20. The number of halogens is 2. The molecule has 0 aliphatic carbocycles. The van der Waals surface area contributed by atoms with E-state index in [1.165, 1.54) is 12.1 Å². The average molecular weight is 339 g/mol. The van der Waals surface area contributed by atoms with Crippen LogP contribution in [0.15, 0.2) is 48.9 Å². The molecule has 0 bridgehead atoms. The summed E-state index contributed by atoms with van der Waals surface area (Å²) in [6.07, 6.45) is 3.33. The Morgan fingerprint density at radius 1 is 1.04 bits per heavy atom. The molecule has 3 heterocycles. The van der Waals surface area contributed by atoms with Crippen molar-refractivity contribution in [2.24, 2.45) is 0 Å². The Hall–Kier alpha value is -3.09. The standard InChI is InChI=1S/C18H15F2N5/c1-12-10-21-16-7-6-15(23-25(12)16)18-17(22-11-24(18)9-8-19)13-2-4-14(20)5-3-13/h2-7,10-11H,8-9H2,1H3. The number of nitrogens with zero attached hydrogens (tertiary/aromatic N) is 5. The molecule has 0 aliphatic heterocycles. The van der Waals surface area contributed by atoms with Crippen LogP contribution in [0.2, 0.25) is 0 Å². The number of hydrogen-bond acceptors (Lipinski definition) is 3. The van der Waals surface area contributed by atoms with Crippen molar-refractivity contribution in [1.29, 1.82) is 0 Å². The van der Waals surface area contributed by atoms with Crippen molar-refractivity contribution in [3.63, 3.8) is 0 Å². The monoisotopic (exact) mass is 339 g/mol. The second-order valence-corrected chi connectivity index (χ2v) is 5.72. The highest BCUT2D eigenvalue weighted by atomic mass is 19.1. The van der Waals surface area contributed by atoms with Gasteiger partial charge in [-0.2, -0.15) is 5.10 Å². The third-order valence-electron chi connectivity index (χ3n) is 4.06. The number of fused-ring (bicyclic) bond motifs is 1. The largest absolute Gasteiger partial charge is 0.326 e. The van der Waals surface area contributed by atoms with Crippen molar-refractivity contribution in [3.05, 3.63) is 60.4 Å². The molecule has 4 rings (SSSR count). The quantitative estimate of drug-likeness (QED) is 0.570. The molecule has 5 nitrogen and oxygen atoms in total. The fraction of sp³-hybridized carbons (Fsp3) is 0.167. The molecule has 0 fully saturated rings. The topological polar surface area (TPSA) is 48.0 Å². The summed E-state index contributed by atoms with van der Waals surface area (Å²) in [6, 6.07) is 9.76. The van der Waals surface area contributed by atoms with Gasteiger partial charge in [-0.25, -0.2) is 23.3 Å². The van der Waals surface area contributed by atoms with E-state index in [0.29, 0.717) is 17.1 Å². The Balaban J connectivity index is 1.92. The predicted octanol–water partition coefficient (Wildman–Crippen LogP) is 3.68. The summed E-state index contributed by atoms with van der Waals surface area (Å²) in [5, 5.41) is 4.62. The van der Waals surface area contributed by atoms with Crippen LogP contribution in [-0.4, -0.2) is 30.8 Å². The van der Waals surface area contributed by atoms with E-state index in [2.05, 4.69) is 15.1 Å². The molecule has 126 valence electrons. The minimum Gasteiger partial charge on any atom is -0.326 e. The Labute approximate surface area is 142 Å². The molecule has 3 aromatic heterocycles. The zero-order chi connectivity index (χ0) is 17.4. The van der Waals surface area contributed by atoms with Gasteiger partial charge >= 0.3 is 0 Å². The predicted molar refractivity (Wildman–Crippen MR) is 90.3 cm³/mol. The second-order valence-electron chi connectivity index (χ2n) is 5.72. The Bertz CT molecular complexity index is 1030. The van der Waals surface area contributed by atoms with Gasteiger partial charge in [-0.1, -0.05) is 0 Å². The van der Waals surface area contributed by atoms with Gasteiger partial charge in [0, 0.05) is 5.56 Å². The van der Waals surface area contributed by atoms with Crippen molar-refractivity contribution in [2.75, 3.05) is 6.67 Å². The van der Waals surface area contributed by atoms with Crippen LogP contribution in [0.1, 0.15) is 5.69 Å². The number of aryl methyl sites for hydroxylation is 2. The van der Waals surface area contributed by atoms with E-state index in [1.54, 1.807) is 33.7 Å². The molecule has 0 N–H and O–H groups in total. The van der Waals surface area contributed by atoms with Gasteiger partial charge in [0.25, 0.3) is 0 Å². The molecule has 0 unspecified atom stereocenters. The molecule has 0 radical (unpaired) electrons. The van der Waals surface area contributed by atoms with Gasteiger partial charge in [-0.05, 0) is 43.3 Å². The van der Waals surface area contributed by atoms with Crippen LogP contribution in [0.3, 0.4) is 0 Å². The second kappa shape index (κ2) is 6.08. The SMILES string of the molecule is Cc1cnc2ccc(-c3c(-c4ccc(F)cc4)ncn3CCF)nn12. The minimum atomic E-state index is -0.515. The molecule has 1 aromatic carbocycles. The number of rotatable bonds is 4. The minimum absolute atomic E-state index is 0.173. The first-order valence-electron chi connectivity index (χ1n) is 7.86. The number of benzene rings is 1. The van der Waals surface area contributed by atoms with Gasteiger partial charge in [0.15, 0.2) is 5.65 Å². The lowest BCUT2D eigenvalue weighted by atomic mass is 10.1. The van der Waals surface area contributed by atoms with Gasteiger partial charge in [0.05, 0.1) is 36.2 Å². The lowest BCUT2D eigenvalue weighted by molar-refractivity contribution is 0.447. The van der Waals surface area contributed by atoms with Gasteiger partial charge < -0.3 is 4.57 Å². The van der Waals surface area contributed by atoms with E-state index in [9.17, 15) is 8.78 Å². The molecule has 7 heteroatoms. The van der Waals surface area contributed by atoms with Crippen LogP contribution in [0, 0.1) is 12.7 Å². The summed E-state index contributed by atoms with van der Waals surface area (Å²) in [5.74, 6) is -0.318. The first-order chi connectivity index (χ1) is 12.2. The normalized spacial score (nSPS) is 11.3. The Morgan fingerprint density at radius 3 is 2.60 bits per heavy atom. The molecule has 4 aromatic rings. The van der Waals surface area contributed by atoms with Crippen molar-refractivity contribution in [3.8, 4) is 22.6 Å². The third-order valence-corrected chi connectivity index (χ3v) is 4.06. The number of alkyl halides is 1. The Kier molecular flexibility index (Phi) is 3.76. The smallest absolute Gasteiger partial charge is 0.153 e. The molecular weight excluding hydrogens is 324 g/mol. The summed E-state index contributed by atoms with van der Waals surface area (Å²) in [4.78, 5) is 8.68. The summed E-state index contributed by atoms with van der Waals surface area (Å²) < 4.78 is 29.7. The molecule has 0 amide bonds. The number of hydrogen-bond donors (Lipinski definition) is 0. The highest BCUT2D eigenvalue weighted by Gasteiger charge is 2.17. The van der Waals surface area contributed by atoms with Crippen molar-refractivity contribution < 1.29 is 8.78 Å². The van der Waals surface area contributed by atoms with Crippen LogP contribution < -0.4 is 0 Å². The summed E-state index contributed by atoms with van der Waals surface area (Å²) in [7, 11) is 0. The first-order valence-corrected chi connectivity index (χ1v) is 7.86.